The van der Waals surface area contributed by atoms with Crippen molar-refractivity contribution in [2.75, 3.05) is 25.4 Å². The highest BCUT2D eigenvalue weighted by molar-refractivity contribution is 7.15. The van der Waals surface area contributed by atoms with Crippen LogP contribution in [0.15, 0.2) is 6.20 Å². The van der Waals surface area contributed by atoms with Crippen molar-refractivity contribution in [2.45, 2.75) is 25.4 Å². The van der Waals surface area contributed by atoms with Gasteiger partial charge in [0.25, 0.3) is 0 Å². The summed E-state index contributed by atoms with van der Waals surface area (Å²) in [5, 5.41) is 0.634. The van der Waals surface area contributed by atoms with Crippen LogP contribution in [-0.2, 0) is 11.3 Å². The fourth-order valence-electron chi connectivity index (χ4n) is 2.69. The van der Waals surface area contributed by atoms with Gasteiger partial charge in [-0.1, -0.05) is 0 Å². The van der Waals surface area contributed by atoms with E-state index in [-0.39, 0.29) is 12.4 Å². The Balaban J connectivity index is 0.00000120. The molecule has 1 amide bonds. The lowest BCUT2D eigenvalue weighted by atomic mass is 10.1. The van der Waals surface area contributed by atoms with E-state index in [0.29, 0.717) is 17.1 Å². The fourth-order valence-corrected chi connectivity index (χ4v) is 3.42. The maximum absolute atomic E-state index is 11.6. The highest BCUT2D eigenvalue weighted by Crippen LogP contribution is 2.24. The van der Waals surface area contributed by atoms with Crippen molar-refractivity contribution in [3.63, 3.8) is 0 Å². The van der Waals surface area contributed by atoms with E-state index < -0.39 is 0 Å². The molecule has 0 aromatic carbocycles. The minimum Gasteiger partial charge on any atom is -0.375 e. The van der Waals surface area contributed by atoms with E-state index in [4.69, 9.17) is 5.73 Å². The Bertz CT molecular complexity index is 438. The summed E-state index contributed by atoms with van der Waals surface area (Å²) < 4.78 is 0. The van der Waals surface area contributed by atoms with Crippen molar-refractivity contribution in [3.05, 3.63) is 11.1 Å². The van der Waals surface area contributed by atoms with Crippen LogP contribution in [0.1, 0.15) is 17.7 Å². The van der Waals surface area contributed by atoms with Gasteiger partial charge >= 0.3 is 0 Å². The number of amides is 1. The molecule has 0 bridgehead atoms. The number of carbonyl (C=O) groups is 1. The molecule has 7 heteroatoms. The molecular weight excluding hydrogens is 272 g/mol. The maximum atomic E-state index is 11.6. The smallest absolute Gasteiger partial charge is 0.222 e. The van der Waals surface area contributed by atoms with Gasteiger partial charge in [-0.2, -0.15) is 0 Å². The van der Waals surface area contributed by atoms with E-state index in [1.165, 1.54) is 4.88 Å². The van der Waals surface area contributed by atoms with Gasteiger partial charge in [0.15, 0.2) is 5.13 Å². The van der Waals surface area contributed by atoms with E-state index >= 15 is 0 Å². The summed E-state index contributed by atoms with van der Waals surface area (Å²) in [5.41, 5.74) is 5.62. The van der Waals surface area contributed by atoms with Crippen LogP contribution in [0.3, 0.4) is 0 Å². The van der Waals surface area contributed by atoms with Gasteiger partial charge in [0.05, 0.1) is 0 Å². The van der Waals surface area contributed by atoms with Gasteiger partial charge in [0.2, 0.25) is 5.91 Å². The third-order valence-corrected chi connectivity index (χ3v) is 4.34. The first-order valence-corrected chi connectivity index (χ1v) is 6.76. The number of anilines is 1. The van der Waals surface area contributed by atoms with Gasteiger partial charge in [-0.25, -0.2) is 4.98 Å². The van der Waals surface area contributed by atoms with Crippen LogP contribution < -0.4 is 5.73 Å². The first kappa shape index (κ1) is 13.6. The number of thiazole rings is 1. The lowest BCUT2D eigenvalue weighted by Gasteiger charge is -2.37. The summed E-state index contributed by atoms with van der Waals surface area (Å²) in [6, 6.07) is 0.432. The number of hydrogen-bond donors (Lipinski definition) is 1. The number of aromatic nitrogens is 1. The summed E-state index contributed by atoms with van der Waals surface area (Å²) in [5.74, 6) is 0.330. The number of piperazine rings is 1. The second-order valence-electron chi connectivity index (χ2n) is 4.68. The molecule has 0 radical (unpaired) electrons. The van der Waals surface area contributed by atoms with E-state index in [0.717, 1.165) is 39.0 Å². The lowest BCUT2D eigenvalue weighted by molar-refractivity contribution is -0.130. The minimum atomic E-state index is 0. The van der Waals surface area contributed by atoms with Crippen LogP contribution in [0.4, 0.5) is 5.13 Å². The maximum Gasteiger partial charge on any atom is 0.222 e. The molecular formula is C11H17ClN4OS. The molecule has 1 atom stereocenters. The van der Waals surface area contributed by atoms with Crippen LogP contribution in [0.5, 0.6) is 0 Å². The number of rotatable bonds is 2. The van der Waals surface area contributed by atoms with E-state index in [1.807, 2.05) is 11.1 Å². The number of nitrogens with zero attached hydrogens (tertiary/aromatic N) is 3. The molecule has 3 heterocycles. The second-order valence-corrected chi connectivity index (χ2v) is 5.83. The van der Waals surface area contributed by atoms with E-state index in [1.54, 1.807) is 11.3 Å². The summed E-state index contributed by atoms with van der Waals surface area (Å²) in [6.07, 6.45) is 3.60. The number of halogens is 1. The average Bonchev–Trinajstić information content (AvgIpc) is 2.87. The molecule has 0 saturated carbocycles. The Morgan fingerprint density at radius 3 is 3.06 bits per heavy atom. The summed E-state index contributed by atoms with van der Waals surface area (Å²) in [6.45, 7) is 3.73. The minimum absolute atomic E-state index is 0. The Kier molecular flexibility index (Phi) is 4.09. The second kappa shape index (κ2) is 5.42. The predicted molar refractivity (Wildman–Crippen MR) is 73.8 cm³/mol. The Hall–Kier alpha value is -0.850. The molecule has 0 aliphatic carbocycles. The highest BCUT2D eigenvalue weighted by Gasteiger charge is 2.35. The number of carbonyl (C=O) groups excluding carboxylic acids is 1. The van der Waals surface area contributed by atoms with E-state index in [9.17, 15) is 4.79 Å². The Morgan fingerprint density at radius 2 is 2.33 bits per heavy atom. The lowest BCUT2D eigenvalue weighted by Crippen LogP contribution is -2.50. The van der Waals surface area contributed by atoms with Gasteiger partial charge in [-0.3, -0.25) is 9.69 Å². The van der Waals surface area contributed by atoms with Crippen molar-refractivity contribution in [3.8, 4) is 0 Å². The quantitative estimate of drug-likeness (QED) is 0.880. The van der Waals surface area contributed by atoms with E-state index in [2.05, 4.69) is 9.88 Å². The van der Waals surface area contributed by atoms with Crippen molar-refractivity contribution in [1.29, 1.82) is 0 Å². The zero-order valence-electron chi connectivity index (χ0n) is 10.0. The van der Waals surface area contributed by atoms with Crippen LogP contribution in [0, 0.1) is 0 Å². The van der Waals surface area contributed by atoms with Gasteiger partial charge in [0.1, 0.15) is 0 Å². The van der Waals surface area contributed by atoms with Gasteiger partial charge < -0.3 is 10.6 Å². The third-order valence-electron chi connectivity index (χ3n) is 3.53. The molecule has 2 N–H and O–H groups in total. The van der Waals surface area contributed by atoms with Crippen molar-refractivity contribution in [1.82, 2.24) is 14.8 Å². The molecule has 18 heavy (non-hydrogen) atoms. The van der Waals surface area contributed by atoms with Crippen molar-refractivity contribution >= 4 is 34.8 Å². The van der Waals surface area contributed by atoms with Gasteiger partial charge in [-0.05, 0) is 6.42 Å². The highest BCUT2D eigenvalue weighted by atomic mass is 35.5. The summed E-state index contributed by atoms with van der Waals surface area (Å²) in [7, 11) is 0. The summed E-state index contributed by atoms with van der Waals surface area (Å²) in [4.78, 5) is 21.3. The summed E-state index contributed by atoms with van der Waals surface area (Å²) >= 11 is 1.55. The van der Waals surface area contributed by atoms with Crippen molar-refractivity contribution in [2.24, 2.45) is 0 Å². The molecule has 1 aromatic heterocycles. The zero-order valence-corrected chi connectivity index (χ0v) is 11.7. The predicted octanol–water partition coefficient (Wildman–Crippen LogP) is 0.954. The molecule has 1 aromatic rings. The number of nitrogen functional groups attached to an aromatic ring is 1. The molecule has 2 aliphatic heterocycles. The molecule has 1 unspecified atom stereocenters. The first-order valence-electron chi connectivity index (χ1n) is 5.94. The zero-order chi connectivity index (χ0) is 11.8. The number of nitrogens with two attached hydrogens (primary N) is 1. The molecule has 2 aliphatic rings. The molecule has 3 rings (SSSR count). The Morgan fingerprint density at radius 1 is 1.50 bits per heavy atom. The third kappa shape index (κ3) is 2.60. The molecule has 2 saturated heterocycles. The first-order chi connectivity index (χ1) is 8.22. The fraction of sp³-hybridized carbons (Fsp3) is 0.636. The average molecular weight is 289 g/mol. The number of hydrogen-bond acceptors (Lipinski definition) is 5. The molecule has 5 nitrogen and oxygen atoms in total. The standard InChI is InChI=1S/C11H16N4OS.ClH/c12-11-13-5-9(17-11)7-14-3-4-15-8(6-14)1-2-10(15)16;/h5,8H,1-4,6-7H2,(H2,12,13);1H. The van der Waals surface area contributed by atoms with Crippen LogP contribution in [0.25, 0.3) is 0 Å². The van der Waals surface area contributed by atoms with Crippen LogP contribution in [0.2, 0.25) is 0 Å². The van der Waals surface area contributed by atoms with Crippen molar-refractivity contribution < 1.29 is 4.79 Å². The largest absolute Gasteiger partial charge is 0.375 e. The van der Waals surface area contributed by atoms with Gasteiger partial charge in [-0.15, -0.1) is 23.7 Å². The topological polar surface area (TPSA) is 62.5 Å². The molecule has 2 fully saturated rings. The normalized spacial score (nSPS) is 23.9. The van der Waals surface area contributed by atoms with Crippen LogP contribution >= 0.6 is 23.7 Å². The number of fused-ring (bicyclic) bond motifs is 1. The SMILES string of the molecule is Cl.Nc1ncc(CN2CCN3C(=O)CCC3C2)s1. The van der Waals surface area contributed by atoms with Crippen LogP contribution in [-0.4, -0.2) is 46.4 Å². The van der Waals surface area contributed by atoms with Gasteiger partial charge in [0, 0.05) is 49.7 Å². The molecule has 0 spiro atoms. The molecule has 100 valence electrons. The Labute approximate surface area is 116 Å². The monoisotopic (exact) mass is 288 g/mol.